The third kappa shape index (κ3) is 3.41. The smallest absolute Gasteiger partial charge is 0.0556 e. The molecule has 0 heterocycles. The zero-order valence-corrected chi connectivity index (χ0v) is 10.0. The lowest BCUT2D eigenvalue weighted by Crippen LogP contribution is -1.90. The van der Waals surface area contributed by atoms with Crippen molar-refractivity contribution in [3.05, 3.63) is 28.2 Å². The van der Waals surface area contributed by atoms with E-state index in [0.29, 0.717) is 5.92 Å². The van der Waals surface area contributed by atoms with Gasteiger partial charge in [0.1, 0.15) is 0 Å². The first kappa shape index (κ1) is 11.2. The molecule has 0 fully saturated rings. The van der Waals surface area contributed by atoms with Crippen LogP contribution in [0.1, 0.15) is 13.8 Å². The van der Waals surface area contributed by atoms with E-state index in [1.54, 1.807) is 11.8 Å². The maximum atomic E-state index is 6.01. The molecule has 1 rings (SSSR count). The van der Waals surface area contributed by atoms with Crippen LogP contribution in [0.3, 0.4) is 0 Å². The summed E-state index contributed by atoms with van der Waals surface area (Å²) in [6.07, 6.45) is 0. The predicted octanol–water partition coefficient (Wildman–Crippen LogP) is 4.74. The number of halogens is 2. The Bertz CT molecular complexity index is 264. The van der Waals surface area contributed by atoms with Crippen LogP contribution in [-0.2, 0) is 0 Å². The number of benzene rings is 1. The Morgan fingerprint density at radius 2 is 1.77 bits per heavy atom. The summed E-state index contributed by atoms with van der Waals surface area (Å²) in [7, 11) is 0. The van der Waals surface area contributed by atoms with Crippen LogP contribution in [-0.4, -0.2) is 5.75 Å². The highest BCUT2D eigenvalue weighted by molar-refractivity contribution is 7.99. The highest BCUT2D eigenvalue weighted by Crippen LogP contribution is 2.34. The van der Waals surface area contributed by atoms with Crippen LogP contribution < -0.4 is 0 Å². The summed E-state index contributed by atoms with van der Waals surface area (Å²) in [5.74, 6) is 1.70. The number of rotatable bonds is 3. The van der Waals surface area contributed by atoms with Gasteiger partial charge in [-0.25, -0.2) is 0 Å². The van der Waals surface area contributed by atoms with Crippen LogP contribution in [0.5, 0.6) is 0 Å². The average Bonchev–Trinajstić information content (AvgIpc) is 2.03. The normalized spacial score (nSPS) is 10.8. The van der Waals surface area contributed by atoms with Gasteiger partial charge in [0, 0.05) is 10.6 Å². The largest absolute Gasteiger partial charge is 0.123 e. The molecular formula is C10H12Cl2S. The zero-order valence-electron chi connectivity index (χ0n) is 7.68. The molecule has 0 N–H and O–H groups in total. The molecule has 0 spiro atoms. The minimum Gasteiger partial charge on any atom is -0.123 e. The molecule has 0 radical (unpaired) electrons. The van der Waals surface area contributed by atoms with Crippen molar-refractivity contribution in [3.8, 4) is 0 Å². The van der Waals surface area contributed by atoms with Gasteiger partial charge in [-0.1, -0.05) is 43.1 Å². The van der Waals surface area contributed by atoms with Crippen LogP contribution >= 0.6 is 35.0 Å². The van der Waals surface area contributed by atoms with E-state index in [1.807, 2.05) is 18.2 Å². The molecule has 0 atom stereocenters. The van der Waals surface area contributed by atoms with Gasteiger partial charge in [0.25, 0.3) is 0 Å². The number of thioether (sulfide) groups is 1. The van der Waals surface area contributed by atoms with Gasteiger partial charge in [-0.05, 0) is 18.1 Å². The molecule has 72 valence electrons. The van der Waals surface area contributed by atoms with Crippen molar-refractivity contribution in [2.24, 2.45) is 5.92 Å². The van der Waals surface area contributed by atoms with Gasteiger partial charge in [0.05, 0.1) is 10.0 Å². The fraction of sp³-hybridized carbons (Fsp3) is 0.400. The van der Waals surface area contributed by atoms with Crippen LogP contribution in [0.2, 0.25) is 10.0 Å². The lowest BCUT2D eigenvalue weighted by molar-refractivity contribution is 0.750. The molecule has 0 aliphatic carbocycles. The molecule has 0 bridgehead atoms. The van der Waals surface area contributed by atoms with Crippen LogP contribution in [0.25, 0.3) is 0 Å². The summed E-state index contributed by atoms with van der Waals surface area (Å²) in [6.45, 7) is 4.36. The van der Waals surface area contributed by atoms with Crippen molar-refractivity contribution in [3.63, 3.8) is 0 Å². The molecule has 0 unspecified atom stereocenters. The number of hydrogen-bond acceptors (Lipinski definition) is 1. The first-order chi connectivity index (χ1) is 6.11. The molecule has 0 aliphatic rings. The Kier molecular flexibility index (Phi) is 4.43. The third-order valence-corrected chi connectivity index (χ3v) is 3.90. The summed E-state index contributed by atoms with van der Waals surface area (Å²) in [6, 6.07) is 5.61. The van der Waals surface area contributed by atoms with E-state index in [1.165, 1.54) is 0 Å². The van der Waals surface area contributed by atoms with Gasteiger partial charge in [-0.3, -0.25) is 0 Å². The predicted molar refractivity (Wildman–Crippen MR) is 62.0 cm³/mol. The van der Waals surface area contributed by atoms with Crippen LogP contribution in [0.15, 0.2) is 23.1 Å². The Balaban J connectivity index is 2.75. The molecule has 3 heteroatoms. The molecule has 0 amide bonds. The molecule has 13 heavy (non-hydrogen) atoms. The molecule has 0 saturated heterocycles. The molecular weight excluding hydrogens is 223 g/mol. The SMILES string of the molecule is CC(C)CSc1c(Cl)cccc1Cl. The highest BCUT2D eigenvalue weighted by atomic mass is 35.5. The van der Waals surface area contributed by atoms with Gasteiger partial charge in [0.2, 0.25) is 0 Å². The van der Waals surface area contributed by atoms with Gasteiger partial charge >= 0.3 is 0 Å². The van der Waals surface area contributed by atoms with Crippen molar-refractivity contribution in [2.75, 3.05) is 5.75 Å². The molecule has 0 nitrogen and oxygen atoms in total. The lowest BCUT2D eigenvalue weighted by Gasteiger charge is -2.07. The van der Waals surface area contributed by atoms with Crippen LogP contribution in [0, 0.1) is 5.92 Å². The summed E-state index contributed by atoms with van der Waals surface area (Å²) in [5, 5.41) is 1.50. The van der Waals surface area contributed by atoms with Crippen molar-refractivity contribution < 1.29 is 0 Å². The third-order valence-electron chi connectivity index (χ3n) is 1.48. The summed E-state index contributed by atoms with van der Waals surface area (Å²) in [4.78, 5) is 1.000. The van der Waals surface area contributed by atoms with E-state index < -0.39 is 0 Å². The first-order valence-corrected chi connectivity index (χ1v) is 5.92. The second-order valence-electron chi connectivity index (χ2n) is 3.26. The number of hydrogen-bond donors (Lipinski definition) is 0. The highest BCUT2D eigenvalue weighted by Gasteiger charge is 2.06. The Labute approximate surface area is 93.6 Å². The maximum Gasteiger partial charge on any atom is 0.0556 e. The second-order valence-corrected chi connectivity index (χ2v) is 5.10. The Morgan fingerprint density at radius 3 is 2.23 bits per heavy atom. The van der Waals surface area contributed by atoms with Gasteiger partial charge < -0.3 is 0 Å². The maximum absolute atomic E-state index is 6.01. The van der Waals surface area contributed by atoms with Gasteiger partial charge in [0.15, 0.2) is 0 Å². The average molecular weight is 235 g/mol. The fourth-order valence-corrected chi connectivity index (χ4v) is 2.51. The van der Waals surface area contributed by atoms with Crippen molar-refractivity contribution in [2.45, 2.75) is 18.7 Å². The second kappa shape index (κ2) is 5.14. The molecule has 0 saturated carbocycles. The molecule has 1 aromatic carbocycles. The molecule has 1 aromatic rings. The fourth-order valence-electron chi connectivity index (χ4n) is 0.870. The van der Waals surface area contributed by atoms with E-state index in [0.717, 1.165) is 20.7 Å². The summed E-state index contributed by atoms with van der Waals surface area (Å²) >= 11 is 13.7. The van der Waals surface area contributed by atoms with E-state index >= 15 is 0 Å². The zero-order chi connectivity index (χ0) is 9.84. The van der Waals surface area contributed by atoms with Crippen molar-refractivity contribution in [1.82, 2.24) is 0 Å². The van der Waals surface area contributed by atoms with Crippen molar-refractivity contribution >= 4 is 35.0 Å². The van der Waals surface area contributed by atoms with Crippen molar-refractivity contribution in [1.29, 1.82) is 0 Å². The summed E-state index contributed by atoms with van der Waals surface area (Å²) in [5.41, 5.74) is 0. The molecule has 0 aromatic heterocycles. The van der Waals surface area contributed by atoms with Gasteiger partial charge in [-0.15, -0.1) is 11.8 Å². The van der Waals surface area contributed by atoms with E-state index in [-0.39, 0.29) is 0 Å². The quantitative estimate of drug-likeness (QED) is 0.682. The Hall–Kier alpha value is 0.150. The molecule has 0 aliphatic heterocycles. The van der Waals surface area contributed by atoms with E-state index in [4.69, 9.17) is 23.2 Å². The topological polar surface area (TPSA) is 0 Å². The van der Waals surface area contributed by atoms with Crippen LogP contribution in [0.4, 0.5) is 0 Å². The van der Waals surface area contributed by atoms with E-state index in [9.17, 15) is 0 Å². The van der Waals surface area contributed by atoms with E-state index in [2.05, 4.69) is 13.8 Å². The lowest BCUT2D eigenvalue weighted by atomic mass is 10.3. The minimum atomic E-state index is 0.650. The summed E-state index contributed by atoms with van der Waals surface area (Å²) < 4.78 is 0. The standard InChI is InChI=1S/C10H12Cl2S/c1-7(2)6-13-10-8(11)4-3-5-9(10)12/h3-5,7H,6H2,1-2H3. The van der Waals surface area contributed by atoms with Gasteiger partial charge in [-0.2, -0.15) is 0 Å². The Morgan fingerprint density at radius 1 is 1.23 bits per heavy atom. The first-order valence-electron chi connectivity index (χ1n) is 4.18. The monoisotopic (exact) mass is 234 g/mol. The minimum absolute atomic E-state index is 0.650.